The molecule has 0 aliphatic rings. The predicted molar refractivity (Wildman–Crippen MR) is 45.8 cm³/mol. The summed E-state index contributed by atoms with van der Waals surface area (Å²) in [6.45, 7) is 8.07. The summed E-state index contributed by atoms with van der Waals surface area (Å²) in [7, 11) is 0. The zero-order valence-electron chi connectivity index (χ0n) is 7.72. The lowest BCUT2D eigenvalue weighted by Crippen LogP contribution is -2.46. The minimum atomic E-state index is -0.532. The van der Waals surface area contributed by atoms with Crippen molar-refractivity contribution in [3.63, 3.8) is 0 Å². The molecule has 3 heteroatoms. The molecule has 66 valence electrons. The summed E-state index contributed by atoms with van der Waals surface area (Å²) in [6, 6.07) is -0.532. The monoisotopic (exact) mass is 158 g/mol. The first-order valence-electron chi connectivity index (χ1n) is 3.81. The van der Waals surface area contributed by atoms with Crippen LogP contribution in [0.1, 0.15) is 27.7 Å². The van der Waals surface area contributed by atoms with Crippen molar-refractivity contribution >= 4 is 5.91 Å². The molecule has 11 heavy (non-hydrogen) atoms. The Morgan fingerprint density at radius 1 is 1.36 bits per heavy atom. The molecule has 2 unspecified atom stereocenters. The molecular formula is C8H18N2O. The fourth-order valence-corrected chi connectivity index (χ4v) is 0.785. The Morgan fingerprint density at radius 3 is 1.82 bits per heavy atom. The van der Waals surface area contributed by atoms with Gasteiger partial charge in [-0.05, 0) is 11.3 Å². The van der Waals surface area contributed by atoms with Gasteiger partial charge in [-0.2, -0.15) is 0 Å². The lowest BCUT2D eigenvalue weighted by atomic mass is 9.77. The molecule has 0 radical (unpaired) electrons. The maximum Gasteiger partial charge on any atom is 0.234 e. The Labute approximate surface area is 68.1 Å². The van der Waals surface area contributed by atoms with Crippen molar-refractivity contribution in [1.82, 2.24) is 0 Å². The van der Waals surface area contributed by atoms with Gasteiger partial charge in [-0.15, -0.1) is 0 Å². The zero-order chi connectivity index (χ0) is 9.23. The molecule has 0 aromatic heterocycles. The average Bonchev–Trinajstić information content (AvgIpc) is 1.82. The van der Waals surface area contributed by atoms with E-state index in [1.165, 1.54) is 0 Å². The summed E-state index contributed by atoms with van der Waals surface area (Å²) in [5.74, 6) is -0.313. The molecule has 0 spiro atoms. The predicted octanol–water partition coefficient (Wildman–Crippen LogP) is 0.481. The minimum absolute atomic E-state index is 0.0362. The summed E-state index contributed by atoms with van der Waals surface area (Å²) < 4.78 is 0. The molecule has 1 amide bonds. The number of amides is 1. The number of hydrogen-bond donors (Lipinski definition) is 2. The first-order chi connectivity index (χ1) is 4.76. The highest BCUT2D eigenvalue weighted by Crippen LogP contribution is 2.26. The highest BCUT2D eigenvalue weighted by Gasteiger charge is 2.28. The van der Waals surface area contributed by atoms with Gasteiger partial charge >= 0.3 is 0 Å². The van der Waals surface area contributed by atoms with Crippen LogP contribution in [-0.2, 0) is 4.79 Å². The van der Waals surface area contributed by atoms with Gasteiger partial charge in [0.15, 0.2) is 0 Å². The van der Waals surface area contributed by atoms with Crippen LogP contribution in [-0.4, -0.2) is 11.9 Å². The van der Waals surface area contributed by atoms with Gasteiger partial charge < -0.3 is 11.5 Å². The van der Waals surface area contributed by atoms with E-state index >= 15 is 0 Å². The number of carbonyl (C=O) groups is 1. The molecule has 0 fully saturated rings. The third kappa shape index (κ3) is 2.89. The highest BCUT2D eigenvalue weighted by atomic mass is 16.1. The third-order valence-electron chi connectivity index (χ3n) is 2.23. The van der Waals surface area contributed by atoms with E-state index in [-0.39, 0.29) is 11.3 Å². The van der Waals surface area contributed by atoms with E-state index < -0.39 is 11.9 Å². The third-order valence-corrected chi connectivity index (χ3v) is 2.23. The molecule has 0 saturated carbocycles. The van der Waals surface area contributed by atoms with Gasteiger partial charge in [0.1, 0.15) is 0 Å². The van der Waals surface area contributed by atoms with Gasteiger partial charge in [0.25, 0.3) is 0 Å². The van der Waals surface area contributed by atoms with Crippen LogP contribution in [0.3, 0.4) is 0 Å². The van der Waals surface area contributed by atoms with Gasteiger partial charge in [-0.25, -0.2) is 0 Å². The van der Waals surface area contributed by atoms with Crippen molar-refractivity contribution in [3.05, 3.63) is 0 Å². The molecule has 2 atom stereocenters. The Morgan fingerprint density at radius 2 is 1.73 bits per heavy atom. The molecule has 0 rings (SSSR count). The Balaban J connectivity index is 4.25. The van der Waals surface area contributed by atoms with Gasteiger partial charge in [-0.1, -0.05) is 27.7 Å². The summed E-state index contributed by atoms with van der Waals surface area (Å²) in [5, 5.41) is 0. The molecule has 0 aromatic rings. The minimum Gasteiger partial charge on any atom is -0.368 e. The second-order valence-corrected chi connectivity index (χ2v) is 4.08. The molecule has 0 aliphatic carbocycles. The number of carbonyl (C=O) groups excluding carboxylic acids is 1. The van der Waals surface area contributed by atoms with Crippen LogP contribution in [0.4, 0.5) is 0 Å². The summed E-state index contributed by atoms with van der Waals surface area (Å²) in [5.41, 5.74) is 10.7. The molecule has 0 heterocycles. The van der Waals surface area contributed by atoms with E-state index in [9.17, 15) is 4.79 Å². The van der Waals surface area contributed by atoms with Crippen molar-refractivity contribution in [2.24, 2.45) is 22.8 Å². The van der Waals surface area contributed by atoms with Crippen LogP contribution < -0.4 is 11.5 Å². The van der Waals surface area contributed by atoms with E-state index in [4.69, 9.17) is 11.5 Å². The molecule has 4 N–H and O–H groups in total. The topological polar surface area (TPSA) is 69.1 Å². The second kappa shape index (κ2) is 3.22. The van der Waals surface area contributed by atoms with Gasteiger partial charge in [0.2, 0.25) is 5.91 Å². The molecular weight excluding hydrogens is 140 g/mol. The summed E-state index contributed by atoms with van der Waals surface area (Å²) in [4.78, 5) is 10.7. The first kappa shape index (κ1) is 10.4. The normalized spacial score (nSPS) is 17.5. The van der Waals surface area contributed by atoms with E-state index in [1.807, 2.05) is 27.7 Å². The lowest BCUT2D eigenvalue weighted by Gasteiger charge is -2.30. The largest absolute Gasteiger partial charge is 0.368 e. The van der Waals surface area contributed by atoms with Crippen LogP contribution in [0, 0.1) is 11.3 Å². The van der Waals surface area contributed by atoms with Gasteiger partial charge in [0.05, 0.1) is 6.04 Å². The molecule has 0 aromatic carbocycles. The van der Waals surface area contributed by atoms with Crippen LogP contribution in [0.2, 0.25) is 0 Å². The van der Waals surface area contributed by atoms with Gasteiger partial charge in [-0.3, -0.25) is 4.79 Å². The van der Waals surface area contributed by atoms with Crippen LogP contribution in [0.25, 0.3) is 0 Å². The number of nitrogens with two attached hydrogens (primary N) is 2. The zero-order valence-corrected chi connectivity index (χ0v) is 7.72. The second-order valence-electron chi connectivity index (χ2n) is 4.08. The SMILES string of the molecule is CC(C(N)C(N)=O)C(C)(C)C. The summed E-state index contributed by atoms with van der Waals surface area (Å²) >= 11 is 0. The van der Waals surface area contributed by atoms with Crippen molar-refractivity contribution in [2.45, 2.75) is 33.7 Å². The van der Waals surface area contributed by atoms with Gasteiger partial charge in [0, 0.05) is 0 Å². The van der Waals surface area contributed by atoms with Crippen molar-refractivity contribution in [3.8, 4) is 0 Å². The van der Waals surface area contributed by atoms with E-state index in [2.05, 4.69) is 0 Å². The standard InChI is InChI=1S/C8H18N2O/c1-5(8(2,3)4)6(9)7(10)11/h5-6H,9H2,1-4H3,(H2,10,11). The molecule has 0 aliphatic heterocycles. The van der Waals surface area contributed by atoms with E-state index in [0.717, 1.165) is 0 Å². The highest BCUT2D eigenvalue weighted by molar-refractivity contribution is 5.79. The summed E-state index contributed by atoms with van der Waals surface area (Å²) in [6.07, 6.45) is 0. The maximum absolute atomic E-state index is 10.7. The fraction of sp³-hybridized carbons (Fsp3) is 0.875. The Kier molecular flexibility index (Phi) is 3.05. The molecule has 0 bridgehead atoms. The average molecular weight is 158 g/mol. The van der Waals surface area contributed by atoms with Crippen molar-refractivity contribution in [1.29, 1.82) is 0 Å². The quantitative estimate of drug-likeness (QED) is 0.613. The number of rotatable bonds is 2. The Bertz CT molecular complexity index is 149. The fourth-order valence-electron chi connectivity index (χ4n) is 0.785. The molecule has 0 saturated heterocycles. The van der Waals surface area contributed by atoms with Crippen molar-refractivity contribution < 1.29 is 4.79 Å². The van der Waals surface area contributed by atoms with E-state index in [0.29, 0.717) is 0 Å². The van der Waals surface area contributed by atoms with Crippen LogP contribution in [0.5, 0.6) is 0 Å². The van der Waals surface area contributed by atoms with Crippen LogP contribution in [0.15, 0.2) is 0 Å². The first-order valence-corrected chi connectivity index (χ1v) is 3.81. The maximum atomic E-state index is 10.7. The smallest absolute Gasteiger partial charge is 0.234 e. The Hall–Kier alpha value is -0.570. The lowest BCUT2D eigenvalue weighted by molar-refractivity contribution is -0.121. The number of primary amides is 1. The van der Waals surface area contributed by atoms with E-state index in [1.54, 1.807) is 0 Å². The van der Waals surface area contributed by atoms with Crippen molar-refractivity contribution in [2.75, 3.05) is 0 Å². The number of hydrogen-bond acceptors (Lipinski definition) is 2. The van der Waals surface area contributed by atoms with Crippen LogP contribution >= 0.6 is 0 Å². The molecule has 3 nitrogen and oxygen atoms in total.